The number of rotatable bonds is 33. The van der Waals surface area contributed by atoms with Crippen molar-refractivity contribution in [2.24, 2.45) is 5.92 Å². The van der Waals surface area contributed by atoms with E-state index in [2.05, 4.69) is 38.2 Å². The lowest BCUT2D eigenvalue weighted by atomic mass is 10.0. The smallest absolute Gasteiger partial charge is 0.305 e. The van der Waals surface area contributed by atoms with Gasteiger partial charge in [-0.05, 0) is 64.2 Å². The Hall–Kier alpha value is -1.36. The number of hydrogen-bond donors (Lipinski definition) is 1. The van der Waals surface area contributed by atoms with E-state index in [1.54, 1.807) is 0 Å². The van der Waals surface area contributed by atoms with Crippen LogP contribution in [0.2, 0.25) is 0 Å². The fourth-order valence-electron chi connectivity index (χ4n) is 5.31. The number of carbonyl (C=O) groups excluding carboxylic acids is 2. The Morgan fingerprint density at radius 3 is 1.74 bits per heavy atom. The SMILES string of the molecule is CCCCCCCC/C=C\CCCCCCCC(=O)NCC(CC)CCOC(=O)CCC(C)OCCCCCCCCC. The third kappa shape index (κ3) is 31.9. The highest BCUT2D eigenvalue weighted by molar-refractivity contribution is 5.75. The summed E-state index contributed by atoms with van der Waals surface area (Å²) in [6.45, 7) is 10.6. The largest absolute Gasteiger partial charge is 0.466 e. The molecule has 0 saturated heterocycles. The lowest BCUT2D eigenvalue weighted by Gasteiger charge is -2.16. The third-order valence-electron chi connectivity index (χ3n) is 8.53. The molecule has 0 aliphatic rings. The van der Waals surface area contributed by atoms with Gasteiger partial charge in [0.25, 0.3) is 0 Å². The molecule has 0 bridgehead atoms. The highest BCUT2D eigenvalue weighted by atomic mass is 16.5. The number of carbonyl (C=O) groups is 2. The maximum Gasteiger partial charge on any atom is 0.305 e. The molecule has 0 aromatic carbocycles. The van der Waals surface area contributed by atoms with Gasteiger partial charge in [-0.15, -0.1) is 0 Å². The molecule has 1 amide bonds. The van der Waals surface area contributed by atoms with Crippen molar-refractivity contribution in [2.75, 3.05) is 19.8 Å². The summed E-state index contributed by atoms with van der Waals surface area (Å²) < 4.78 is 11.3. The van der Waals surface area contributed by atoms with E-state index >= 15 is 0 Å². The van der Waals surface area contributed by atoms with Crippen LogP contribution < -0.4 is 5.32 Å². The molecular formula is C38H73NO4. The van der Waals surface area contributed by atoms with Crippen LogP contribution in [0.25, 0.3) is 0 Å². The van der Waals surface area contributed by atoms with Crippen LogP contribution >= 0.6 is 0 Å². The zero-order valence-corrected chi connectivity index (χ0v) is 29.2. The van der Waals surface area contributed by atoms with Gasteiger partial charge in [0.1, 0.15) is 0 Å². The zero-order valence-electron chi connectivity index (χ0n) is 29.2. The molecule has 0 rings (SSSR count). The Kier molecular flexibility index (Phi) is 32.5. The molecule has 43 heavy (non-hydrogen) atoms. The van der Waals surface area contributed by atoms with Crippen molar-refractivity contribution in [3.05, 3.63) is 12.2 Å². The Labute approximate surface area is 268 Å². The molecular weight excluding hydrogens is 534 g/mol. The number of esters is 1. The Bertz CT molecular complexity index is 635. The molecule has 1 N–H and O–H groups in total. The summed E-state index contributed by atoms with van der Waals surface area (Å²) in [5.74, 6) is 0.350. The van der Waals surface area contributed by atoms with E-state index < -0.39 is 0 Å². The third-order valence-corrected chi connectivity index (χ3v) is 8.53. The summed E-state index contributed by atoms with van der Waals surface area (Å²) in [4.78, 5) is 24.4. The van der Waals surface area contributed by atoms with Crippen molar-refractivity contribution >= 4 is 11.9 Å². The first kappa shape index (κ1) is 41.6. The van der Waals surface area contributed by atoms with E-state index in [-0.39, 0.29) is 18.0 Å². The van der Waals surface area contributed by atoms with Gasteiger partial charge in [0.15, 0.2) is 0 Å². The fraction of sp³-hybridized carbons (Fsp3) is 0.895. The quantitative estimate of drug-likeness (QED) is 0.0458. The first-order chi connectivity index (χ1) is 21.0. The standard InChI is InChI=1S/C38H73NO4/c1-5-8-10-12-14-15-16-17-18-19-20-21-22-24-26-28-37(40)39-34-36(7-3)31-33-43-38(41)30-29-35(4)42-32-27-25-23-13-11-9-6-2/h17-18,35-36H,5-16,19-34H2,1-4H3,(H,39,40)/b18-17-. The zero-order chi connectivity index (χ0) is 31.6. The van der Waals surface area contributed by atoms with Gasteiger partial charge in [-0.1, -0.05) is 129 Å². The second-order valence-electron chi connectivity index (χ2n) is 12.8. The molecule has 0 spiro atoms. The molecule has 0 saturated carbocycles. The Morgan fingerprint density at radius 2 is 1.16 bits per heavy atom. The summed E-state index contributed by atoms with van der Waals surface area (Å²) in [5.41, 5.74) is 0. The molecule has 2 unspecified atom stereocenters. The molecule has 254 valence electrons. The predicted octanol–water partition coefficient (Wildman–Crippen LogP) is 11.0. The van der Waals surface area contributed by atoms with Crippen LogP contribution in [0.5, 0.6) is 0 Å². The van der Waals surface area contributed by atoms with Gasteiger partial charge in [-0.3, -0.25) is 9.59 Å². The van der Waals surface area contributed by atoms with Crippen molar-refractivity contribution in [1.82, 2.24) is 5.32 Å². The summed E-state index contributed by atoms with van der Waals surface area (Å²) in [6, 6.07) is 0. The van der Waals surface area contributed by atoms with Gasteiger partial charge in [0.2, 0.25) is 5.91 Å². The molecule has 0 aliphatic heterocycles. The van der Waals surface area contributed by atoms with E-state index in [9.17, 15) is 9.59 Å². The first-order valence-corrected chi connectivity index (χ1v) is 18.7. The van der Waals surface area contributed by atoms with E-state index in [1.165, 1.54) is 109 Å². The van der Waals surface area contributed by atoms with Gasteiger partial charge < -0.3 is 14.8 Å². The van der Waals surface area contributed by atoms with Crippen molar-refractivity contribution < 1.29 is 19.1 Å². The van der Waals surface area contributed by atoms with Gasteiger partial charge >= 0.3 is 5.97 Å². The highest BCUT2D eigenvalue weighted by Gasteiger charge is 2.12. The molecule has 0 fully saturated rings. The van der Waals surface area contributed by atoms with Crippen molar-refractivity contribution in [3.63, 3.8) is 0 Å². The predicted molar refractivity (Wildman–Crippen MR) is 184 cm³/mol. The average molecular weight is 608 g/mol. The number of allylic oxidation sites excluding steroid dienone is 2. The second kappa shape index (κ2) is 33.5. The molecule has 5 nitrogen and oxygen atoms in total. The molecule has 0 aromatic rings. The lowest BCUT2D eigenvalue weighted by molar-refractivity contribution is -0.144. The van der Waals surface area contributed by atoms with E-state index in [0.717, 1.165) is 38.7 Å². The Morgan fingerprint density at radius 1 is 0.628 bits per heavy atom. The van der Waals surface area contributed by atoms with Gasteiger partial charge in [-0.25, -0.2) is 0 Å². The van der Waals surface area contributed by atoms with Crippen molar-refractivity contribution in [1.29, 1.82) is 0 Å². The Balaban J connectivity index is 3.63. The van der Waals surface area contributed by atoms with Crippen molar-refractivity contribution in [3.8, 4) is 0 Å². The summed E-state index contributed by atoms with van der Waals surface area (Å²) in [5, 5.41) is 3.10. The van der Waals surface area contributed by atoms with Gasteiger partial charge in [0, 0.05) is 26.0 Å². The van der Waals surface area contributed by atoms with Crippen LogP contribution in [-0.4, -0.2) is 37.7 Å². The maximum absolute atomic E-state index is 12.3. The number of nitrogens with one attached hydrogen (secondary N) is 1. The van der Waals surface area contributed by atoms with E-state index in [4.69, 9.17) is 9.47 Å². The average Bonchev–Trinajstić information content (AvgIpc) is 3.01. The maximum atomic E-state index is 12.3. The summed E-state index contributed by atoms with van der Waals surface area (Å²) >= 11 is 0. The first-order valence-electron chi connectivity index (χ1n) is 18.7. The monoisotopic (exact) mass is 608 g/mol. The minimum atomic E-state index is -0.144. The highest BCUT2D eigenvalue weighted by Crippen LogP contribution is 2.12. The number of hydrogen-bond acceptors (Lipinski definition) is 4. The number of unbranched alkanes of at least 4 members (excludes halogenated alkanes) is 17. The van der Waals surface area contributed by atoms with E-state index in [0.29, 0.717) is 38.3 Å². The molecule has 2 atom stereocenters. The number of ether oxygens (including phenoxy) is 2. The van der Waals surface area contributed by atoms with Crippen molar-refractivity contribution in [2.45, 2.75) is 194 Å². The van der Waals surface area contributed by atoms with Crippen LogP contribution in [-0.2, 0) is 19.1 Å². The fourth-order valence-corrected chi connectivity index (χ4v) is 5.31. The second-order valence-corrected chi connectivity index (χ2v) is 12.8. The minimum absolute atomic E-state index is 0.0907. The van der Waals surface area contributed by atoms with Crippen LogP contribution in [0, 0.1) is 5.92 Å². The minimum Gasteiger partial charge on any atom is -0.466 e. The topological polar surface area (TPSA) is 64.6 Å². The normalized spacial score (nSPS) is 12.9. The van der Waals surface area contributed by atoms with Crippen LogP contribution in [0.15, 0.2) is 12.2 Å². The number of amides is 1. The molecule has 5 heteroatoms. The summed E-state index contributed by atoms with van der Waals surface area (Å²) in [7, 11) is 0. The van der Waals surface area contributed by atoms with Crippen LogP contribution in [0.4, 0.5) is 0 Å². The molecule has 0 radical (unpaired) electrons. The summed E-state index contributed by atoms with van der Waals surface area (Å²) in [6.07, 6.45) is 33.7. The van der Waals surface area contributed by atoms with Gasteiger partial charge in [0.05, 0.1) is 12.7 Å². The van der Waals surface area contributed by atoms with Crippen LogP contribution in [0.1, 0.15) is 188 Å². The van der Waals surface area contributed by atoms with Crippen LogP contribution in [0.3, 0.4) is 0 Å². The molecule has 0 aromatic heterocycles. The van der Waals surface area contributed by atoms with Gasteiger partial charge in [-0.2, -0.15) is 0 Å². The van der Waals surface area contributed by atoms with E-state index in [1.807, 2.05) is 6.92 Å². The molecule has 0 aliphatic carbocycles. The molecule has 0 heterocycles. The lowest BCUT2D eigenvalue weighted by Crippen LogP contribution is -2.29.